The number of hydrogen-bond donors (Lipinski definition) is 1. The largest absolute Gasteiger partial charge is 0.465 e. The van der Waals surface area contributed by atoms with Gasteiger partial charge in [0.2, 0.25) is 5.91 Å². The maximum absolute atomic E-state index is 11.6. The second-order valence-electron chi connectivity index (χ2n) is 3.83. The van der Waals surface area contributed by atoms with Crippen LogP contribution in [0.15, 0.2) is 36.9 Å². The highest BCUT2D eigenvalue weighted by atomic mass is 16.5. The molecule has 0 heterocycles. The molecule has 1 amide bonds. The van der Waals surface area contributed by atoms with Gasteiger partial charge in [0.1, 0.15) is 5.78 Å². The van der Waals surface area contributed by atoms with E-state index in [9.17, 15) is 14.4 Å². The summed E-state index contributed by atoms with van der Waals surface area (Å²) in [6.45, 7) is 3.43. The van der Waals surface area contributed by atoms with Crippen molar-refractivity contribution in [1.82, 2.24) is 0 Å². The first-order valence-corrected chi connectivity index (χ1v) is 5.67. The molecule has 0 unspecified atom stereocenters. The van der Waals surface area contributed by atoms with E-state index in [2.05, 4.69) is 16.6 Å². The molecule has 0 atom stereocenters. The lowest BCUT2D eigenvalue weighted by atomic mass is 10.2. The molecule has 100 valence electrons. The van der Waals surface area contributed by atoms with Crippen LogP contribution in [0.3, 0.4) is 0 Å². The minimum atomic E-state index is -0.487. The Morgan fingerprint density at radius 1 is 1.37 bits per heavy atom. The van der Waals surface area contributed by atoms with Gasteiger partial charge in [-0.05, 0) is 18.2 Å². The lowest BCUT2D eigenvalue weighted by Gasteiger charge is -2.06. The fourth-order valence-corrected chi connectivity index (χ4v) is 1.46. The molecule has 0 radical (unpaired) electrons. The van der Waals surface area contributed by atoms with Crippen LogP contribution in [-0.2, 0) is 14.3 Å². The summed E-state index contributed by atoms with van der Waals surface area (Å²) in [5.74, 6) is -1.12. The summed E-state index contributed by atoms with van der Waals surface area (Å²) >= 11 is 0. The molecule has 0 spiro atoms. The smallest absolute Gasteiger partial charge is 0.337 e. The quantitative estimate of drug-likeness (QED) is 0.482. The zero-order chi connectivity index (χ0) is 14.3. The molecule has 0 aromatic heterocycles. The lowest BCUT2D eigenvalue weighted by molar-refractivity contribution is -0.124. The Balaban J connectivity index is 2.66. The molecular weight excluding hydrogens is 246 g/mol. The standard InChI is InChI=1S/C14H15NO4/c1-3-5-12(16)9-13(17)15-11-7-4-6-10(8-11)14(18)19-2/h3-4,6-8H,1,5,9H2,2H3,(H,15,17). The van der Waals surface area contributed by atoms with Crippen molar-refractivity contribution in [2.75, 3.05) is 12.4 Å². The average Bonchev–Trinajstić information content (AvgIpc) is 2.38. The molecule has 19 heavy (non-hydrogen) atoms. The molecule has 0 saturated heterocycles. The summed E-state index contributed by atoms with van der Waals surface area (Å²) in [6, 6.07) is 6.31. The van der Waals surface area contributed by atoms with Gasteiger partial charge in [0, 0.05) is 12.1 Å². The molecule has 1 rings (SSSR count). The van der Waals surface area contributed by atoms with Crippen molar-refractivity contribution in [2.24, 2.45) is 0 Å². The van der Waals surface area contributed by atoms with E-state index in [0.29, 0.717) is 11.3 Å². The first-order chi connectivity index (χ1) is 9.06. The van der Waals surface area contributed by atoms with Gasteiger partial charge in [-0.15, -0.1) is 6.58 Å². The predicted molar refractivity (Wildman–Crippen MR) is 70.8 cm³/mol. The van der Waals surface area contributed by atoms with Crippen LogP contribution in [0.25, 0.3) is 0 Å². The van der Waals surface area contributed by atoms with Gasteiger partial charge >= 0.3 is 5.97 Å². The van der Waals surface area contributed by atoms with Crippen molar-refractivity contribution in [3.63, 3.8) is 0 Å². The predicted octanol–water partition coefficient (Wildman–Crippen LogP) is 1.95. The van der Waals surface area contributed by atoms with Gasteiger partial charge in [0.15, 0.2) is 0 Å². The van der Waals surface area contributed by atoms with Crippen LogP contribution in [0.2, 0.25) is 0 Å². The van der Waals surface area contributed by atoms with Crippen LogP contribution in [0.1, 0.15) is 23.2 Å². The Morgan fingerprint density at radius 2 is 2.11 bits per heavy atom. The van der Waals surface area contributed by atoms with Crippen LogP contribution >= 0.6 is 0 Å². The third-order valence-corrected chi connectivity index (χ3v) is 2.30. The fraction of sp³-hybridized carbons (Fsp3) is 0.214. The van der Waals surface area contributed by atoms with E-state index >= 15 is 0 Å². The van der Waals surface area contributed by atoms with Crippen molar-refractivity contribution in [2.45, 2.75) is 12.8 Å². The Bertz CT molecular complexity index is 508. The first-order valence-electron chi connectivity index (χ1n) is 5.67. The zero-order valence-corrected chi connectivity index (χ0v) is 10.6. The topological polar surface area (TPSA) is 72.5 Å². The number of benzene rings is 1. The number of ketones is 1. The van der Waals surface area contributed by atoms with E-state index in [1.165, 1.54) is 19.3 Å². The highest BCUT2D eigenvalue weighted by molar-refractivity contribution is 6.05. The van der Waals surface area contributed by atoms with Crippen LogP contribution in [0.5, 0.6) is 0 Å². The number of nitrogens with one attached hydrogen (secondary N) is 1. The number of ether oxygens (including phenoxy) is 1. The number of amides is 1. The second kappa shape index (κ2) is 7.10. The maximum atomic E-state index is 11.6. The summed E-state index contributed by atoms with van der Waals surface area (Å²) in [5, 5.41) is 2.55. The Kier molecular flexibility index (Phi) is 5.47. The van der Waals surface area contributed by atoms with Gasteiger partial charge in [0.25, 0.3) is 0 Å². The van der Waals surface area contributed by atoms with E-state index < -0.39 is 11.9 Å². The van der Waals surface area contributed by atoms with Gasteiger partial charge in [-0.3, -0.25) is 9.59 Å². The summed E-state index contributed by atoms with van der Waals surface area (Å²) in [7, 11) is 1.28. The molecule has 5 heteroatoms. The van der Waals surface area contributed by atoms with Gasteiger partial charge in [0.05, 0.1) is 19.1 Å². The van der Waals surface area contributed by atoms with Crippen molar-refractivity contribution in [1.29, 1.82) is 0 Å². The molecule has 1 aromatic rings. The molecule has 0 aliphatic heterocycles. The SMILES string of the molecule is C=CCC(=O)CC(=O)Nc1cccc(C(=O)OC)c1. The Hall–Kier alpha value is -2.43. The summed E-state index contributed by atoms with van der Waals surface area (Å²) in [6.07, 6.45) is 1.40. The first kappa shape index (κ1) is 14.6. The zero-order valence-electron chi connectivity index (χ0n) is 10.6. The van der Waals surface area contributed by atoms with Crippen molar-refractivity contribution >= 4 is 23.3 Å². The number of carbonyl (C=O) groups excluding carboxylic acids is 3. The molecule has 0 saturated carbocycles. The van der Waals surface area contributed by atoms with E-state index in [4.69, 9.17) is 0 Å². The normalized spacial score (nSPS) is 9.53. The average molecular weight is 261 g/mol. The molecular formula is C14H15NO4. The van der Waals surface area contributed by atoms with E-state index in [1.807, 2.05) is 0 Å². The van der Waals surface area contributed by atoms with Gasteiger partial charge in [-0.25, -0.2) is 4.79 Å². The third-order valence-electron chi connectivity index (χ3n) is 2.30. The molecule has 0 aliphatic rings. The molecule has 1 N–H and O–H groups in total. The maximum Gasteiger partial charge on any atom is 0.337 e. The van der Waals surface area contributed by atoms with Crippen LogP contribution in [0.4, 0.5) is 5.69 Å². The van der Waals surface area contributed by atoms with Crippen LogP contribution in [-0.4, -0.2) is 24.8 Å². The second-order valence-corrected chi connectivity index (χ2v) is 3.83. The molecule has 0 fully saturated rings. The van der Waals surface area contributed by atoms with Crippen LogP contribution < -0.4 is 5.32 Å². The molecule has 0 aliphatic carbocycles. The van der Waals surface area contributed by atoms with Crippen molar-refractivity contribution < 1.29 is 19.1 Å². The fourth-order valence-electron chi connectivity index (χ4n) is 1.46. The molecule has 5 nitrogen and oxygen atoms in total. The van der Waals surface area contributed by atoms with E-state index in [0.717, 1.165) is 0 Å². The highest BCUT2D eigenvalue weighted by Crippen LogP contribution is 2.12. The summed E-state index contributed by atoms with van der Waals surface area (Å²) in [4.78, 5) is 34.1. The number of rotatable bonds is 6. The Labute approximate surface area is 111 Å². The summed E-state index contributed by atoms with van der Waals surface area (Å²) in [5.41, 5.74) is 0.775. The highest BCUT2D eigenvalue weighted by Gasteiger charge is 2.10. The van der Waals surface area contributed by atoms with Gasteiger partial charge < -0.3 is 10.1 Å². The van der Waals surface area contributed by atoms with E-state index in [1.54, 1.807) is 18.2 Å². The number of esters is 1. The molecule has 0 bridgehead atoms. The number of Topliss-reactive ketones (excluding diaryl/α,β-unsaturated/α-hetero) is 1. The minimum Gasteiger partial charge on any atom is -0.465 e. The van der Waals surface area contributed by atoms with Gasteiger partial charge in [-0.2, -0.15) is 0 Å². The van der Waals surface area contributed by atoms with Gasteiger partial charge in [-0.1, -0.05) is 12.1 Å². The van der Waals surface area contributed by atoms with Crippen LogP contribution in [0, 0.1) is 0 Å². The van der Waals surface area contributed by atoms with Crippen molar-refractivity contribution in [3.8, 4) is 0 Å². The number of carbonyl (C=O) groups is 3. The van der Waals surface area contributed by atoms with E-state index in [-0.39, 0.29) is 18.6 Å². The Morgan fingerprint density at radius 3 is 2.74 bits per heavy atom. The number of hydrogen-bond acceptors (Lipinski definition) is 4. The number of anilines is 1. The number of allylic oxidation sites excluding steroid dienone is 1. The number of methoxy groups -OCH3 is 1. The third kappa shape index (κ3) is 4.75. The lowest BCUT2D eigenvalue weighted by Crippen LogP contribution is -2.16. The monoisotopic (exact) mass is 261 g/mol. The summed E-state index contributed by atoms with van der Waals surface area (Å²) < 4.78 is 4.58. The minimum absolute atomic E-state index is 0.162. The van der Waals surface area contributed by atoms with Crippen molar-refractivity contribution in [3.05, 3.63) is 42.5 Å². The molecule has 1 aromatic carbocycles.